The van der Waals surface area contributed by atoms with Gasteiger partial charge in [-0.1, -0.05) is 53.6 Å². The van der Waals surface area contributed by atoms with Crippen LogP contribution in [0.2, 0.25) is 5.02 Å². The van der Waals surface area contributed by atoms with Gasteiger partial charge in [-0.05, 0) is 37.8 Å². The van der Waals surface area contributed by atoms with Gasteiger partial charge in [0.2, 0.25) is 5.88 Å². The highest BCUT2D eigenvalue weighted by Crippen LogP contribution is 2.32. The van der Waals surface area contributed by atoms with Crippen LogP contribution in [0, 0.1) is 12.8 Å². The number of hydrogen-bond acceptors (Lipinski definition) is 5. The number of anilines is 1. The molecular formula is C27H29ClN4O2. The van der Waals surface area contributed by atoms with Crippen molar-refractivity contribution in [3.05, 3.63) is 84.5 Å². The standard InChI is InChI=1S/C25H25ClN4O2.C2H4/c1-17-6-8-19(9-7-17)22-16-28-25-21(27-15-18-10-12-31-13-11-18)14-24(29-30(22)25)32-23-5-3-2-4-20(23)26;1-2/h2-9,14,16,18,27H,10-13,15H2,1H3;1-2H2. The lowest BCUT2D eigenvalue weighted by molar-refractivity contribution is 0.0699. The number of nitrogens with zero attached hydrogens (tertiary/aromatic N) is 3. The molecule has 1 saturated heterocycles. The fourth-order valence-corrected chi connectivity index (χ4v) is 4.07. The van der Waals surface area contributed by atoms with Gasteiger partial charge in [0.1, 0.15) is 5.75 Å². The summed E-state index contributed by atoms with van der Waals surface area (Å²) in [6.45, 7) is 10.6. The third-order valence-electron chi connectivity index (χ3n) is 5.77. The van der Waals surface area contributed by atoms with E-state index in [0.717, 1.165) is 55.2 Å². The van der Waals surface area contributed by atoms with Crippen molar-refractivity contribution in [1.82, 2.24) is 14.6 Å². The number of fused-ring (bicyclic) bond motifs is 1. The molecule has 0 amide bonds. The SMILES string of the molecule is C=C.Cc1ccc(-c2cnc3c(NCC4CCOCC4)cc(Oc4ccccc4Cl)nn23)cc1. The van der Waals surface area contributed by atoms with Gasteiger partial charge in [0.05, 0.1) is 22.6 Å². The van der Waals surface area contributed by atoms with Gasteiger partial charge in [-0.15, -0.1) is 18.3 Å². The summed E-state index contributed by atoms with van der Waals surface area (Å²) >= 11 is 6.32. The maximum Gasteiger partial charge on any atom is 0.239 e. The number of aryl methyl sites for hydroxylation is 1. The van der Waals surface area contributed by atoms with E-state index in [-0.39, 0.29) is 0 Å². The fourth-order valence-electron chi connectivity index (χ4n) is 3.89. The van der Waals surface area contributed by atoms with E-state index in [1.165, 1.54) is 5.56 Å². The van der Waals surface area contributed by atoms with Crippen molar-refractivity contribution >= 4 is 22.9 Å². The molecule has 0 saturated carbocycles. The molecule has 34 heavy (non-hydrogen) atoms. The Hall–Kier alpha value is -3.35. The molecule has 1 N–H and O–H groups in total. The van der Waals surface area contributed by atoms with Gasteiger partial charge in [-0.25, -0.2) is 9.50 Å². The average Bonchev–Trinajstić information content (AvgIpc) is 3.30. The zero-order valence-corrected chi connectivity index (χ0v) is 20.1. The Labute approximate surface area is 205 Å². The normalized spacial score (nSPS) is 13.8. The molecule has 0 atom stereocenters. The van der Waals surface area contributed by atoms with E-state index in [0.29, 0.717) is 22.6 Å². The van der Waals surface area contributed by atoms with Crippen molar-refractivity contribution in [2.45, 2.75) is 19.8 Å². The number of hydrogen-bond donors (Lipinski definition) is 1. The van der Waals surface area contributed by atoms with Crippen LogP contribution in [0.1, 0.15) is 18.4 Å². The molecule has 1 aliphatic heterocycles. The van der Waals surface area contributed by atoms with Gasteiger partial charge in [0, 0.05) is 31.4 Å². The number of nitrogens with one attached hydrogen (secondary N) is 1. The van der Waals surface area contributed by atoms with Crippen LogP contribution in [-0.2, 0) is 4.74 Å². The van der Waals surface area contributed by atoms with E-state index >= 15 is 0 Å². The molecular weight excluding hydrogens is 448 g/mol. The van der Waals surface area contributed by atoms with Crippen LogP contribution in [0.5, 0.6) is 11.6 Å². The van der Waals surface area contributed by atoms with Gasteiger partial charge >= 0.3 is 0 Å². The molecule has 1 aliphatic rings. The van der Waals surface area contributed by atoms with Crippen LogP contribution in [0.4, 0.5) is 5.69 Å². The molecule has 0 radical (unpaired) electrons. The second kappa shape index (κ2) is 11.2. The molecule has 176 valence electrons. The zero-order chi connectivity index (χ0) is 23.9. The lowest BCUT2D eigenvalue weighted by atomic mass is 10.0. The first-order valence-electron chi connectivity index (χ1n) is 11.4. The van der Waals surface area contributed by atoms with Gasteiger partial charge < -0.3 is 14.8 Å². The second-order valence-electron chi connectivity index (χ2n) is 8.11. The van der Waals surface area contributed by atoms with E-state index in [9.17, 15) is 0 Å². The highest BCUT2D eigenvalue weighted by molar-refractivity contribution is 6.32. The molecule has 7 heteroatoms. The van der Waals surface area contributed by atoms with Crippen LogP contribution < -0.4 is 10.1 Å². The minimum atomic E-state index is 0.450. The summed E-state index contributed by atoms with van der Waals surface area (Å²) in [5.74, 6) is 1.58. The molecule has 5 rings (SSSR count). The van der Waals surface area contributed by atoms with Crippen molar-refractivity contribution < 1.29 is 9.47 Å². The molecule has 0 spiro atoms. The number of rotatable bonds is 6. The first-order chi connectivity index (χ1) is 16.7. The minimum absolute atomic E-state index is 0.450. The first kappa shape index (κ1) is 23.8. The Kier molecular flexibility index (Phi) is 7.83. The topological polar surface area (TPSA) is 60.7 Å². The van der Waals surface area contributed by atoms with Crippen LogP contribution >= 0.6 is 11.6 Å². The predicted molar refractivity (Wildman–Crippen MR) is 138 cm³/mol. The lowest BCUT2D eigenvalue weighted by Crippen LogP contribution is -2.23. The van der Waals surface area contributed by atoms with Crippen LogP contribution in [0.15, 0.2) is 74.0 Å². The van der Waals surface area contributed by atoms with Crippen LogP contribution in [0.25, 0.3) is 16.9 Å². The monoisotopic (exact) mass is 476 g/mol. The number of halogens is 1. The molecule has 3 heterocycles. The second-order valence-corrected chi connectivity index (χ2v) is 8.52. The Bertz CT molecular complexity index is 1230. The van der Waals surface area contributed by atoms with Crippen molar-refractivity contribution in [3.63, 3.8) is 0 Å². The first-order valence-corrected chi connectivity index (χ1v) is 11.7. The largest absolute Gasteiger partial charge is 0.436 e. The van der Waals surface area contributed by atoms with Crippen molar-refractivity contribution in [1.29, 1.82) is 0 Å². The smallest absolute Gasteiger partial charge is 0.239 e. The summed E-state index contributed by atoms with van der Waals surface area (Å²) in [4.78, 5) is 4.68. The fraction of sp³-hybridized carbons (Fsp3) is 0.259. The number of benzene rings is 2. The maximum absolute atomic E-state index is 6.32. The average molecular weight is 477 g/mol. The molecule has 0 aliphatic carbocycles. The van der Waals surface area contributed by atoms with Crippen molar-refractivity contribution in [2.24, 2.45) is 5.92 Å². The quantitative estimate of drug-likeness (QED) is 0.310. The van der Waals surface area contributed by atoms with E-state index in [1.807, 2.05) is 35.0 Å². The Morgan fingerprint density at radius 1 is 1.12 bits per heavy atom. The summed E-state index contributed by atoms with van der Waals surface area (Å²) in [6, 6.07) is 17.6. The molecule has 4 aromatic rings. The number of para-hydroxylation sites is 1. The summed E-state index contributed by atoms with van der Waals surface area (Å²) in [7, 11) is 0. The molecule has 1 fully saturated rings. The van der Waals surface area contributed by atoms with Gasteiger partial charge in [-0.2, -0.15) is 0 Å². The summed E-state index contributed by atoms with van der Waals surface area (Å²) in [5.41, 5.74) is 4.79. The highest BCUT2D eigenvalue weighted by atomic mass is 35.5. The third-order valence-corrected chi connectivity index (χ3v) is 6.08. The van der Waals surface area contributed by atoms with E-state index in [2.05, 4.69) is 54.6 Å². The summed E-state index contributed by atoms with van der Waals surface area (Å²) in [6.07, 6.45) is 3.96. The highest BCUT2D eigenvalue weighted by Gasteiger charge is 2.18. The number of ether oxygens (including phenoxy) is 2. The lowest BCUT2D eigenvalue weighted by Gasteiger charge is -2.22. The Balaban J connectivity index is 0.00000133. The number of imidazole rings is 1. The van der Waals surface area contributed by atoms with Gasteiger partial charge in [0.15, 0.2) is 5.65 Å². The summed E-state index contributed by atoms with van der Waals surface area (Å²) < 4.78 is 13.4. The van der Waals surface area contributed by atoms with Crippen molar-refractivity contribution in [2.75, 3.05) is 25.1 Å². The molecule has 0 bridgehead atoms. The summed E-state index contributed by atoms with van der Waals surface area (Å²) in [5, 5.41) is 8.86. The van der Waals surface area contributed by atoms with E-state index in [4.69, 9.17) is 26.2 Å². The predicted octanol–water partition coefficient (Wildman–Crippen LogP) is 6.79. The van der Waals surface area contributed by atoms with E-state index < -0.39 is 0 Å². The van der Waals surface area contributed by atoms with Crippen LogP contribution in [-0.4, -0.2) is 34.4 Å². The van der Waals surface area contributed by atoms with Gasteiger partial charge in [-0.3, -0.25) is 0 Å². The number of aromatic nitrogens is 3. The Morgan fingerprint density at radius 2 is 1.85 bits per heavy atom. The maximum atomic E-state index is 6.32. The van der Waals surface area contributed by atoms with E-state index in [1.54, 1.807) is 6.07 Å². The molecule has 2 aromatic heterocycles. The molecule has 0 unspecified atom stereocenters. The third kappa shape index (κ3) is 5.41. The van der Waals surface area contributed by atoms with Crippen LogP contribution in [0.3, 0.4) is 0 Å². The Morgan fingerprint density at radius 3 is 2.59 bits per heavy atom. The van der Waals surface area contributed by atoms with Crippen molar-refractivity contribution in [3.8, 4) is 22.9 Å². The molecule has 2 aromatic carbocycles. The minimum Gasteiger partial charge on any atom is -0.436 e. The molecule has 6 nitrogen and oxygen atoms in total. The van der Waals surface area contributed by atoms with Gasteiger partial charge in [0.25, 0.3) is 0 Å². The zero-order valence-electron chi connectivity index (χ0n) is 19.3.